The van der Waals surface area contributed by atoms with Crippen LogP contribution in [0.4, 0.5) is 11.5 Å². The molecule has 0 unspecified atom stereocenters. The zero-order valence-corrected chi connectivity index (χ0v) is 17.0. The van der Waals surface area contributed by atoms with E-state index in [0.29, 0.717) is 11.5 Å². The summed E-state index contributed by atoms with van der Waals surface area (Å²) in [5.74, 6) is 0.0663. The molecule has 0 aliphatic heterocycles. The second-order valence-corrected chi connectivity index (χ2v) is 8.08. The standard InChI is InChI=1S/C18H22N4O4S.ClH/c1-26-15-8-6-12(18(23)21-14-7-9-17(19)20-11-14)10-16(15)27(24,25)22-13-4-2-3-5-13;/h6-11,13,22H,2-5H2,1H3,(H2,19,20)(H,21,23);1H. The summed E-state index contributed by atoms with van der Waals surface area (Å²) in [4.78, 5) is 16.3. The number of hydrogen-bond acceptors (Lipinski definition) is 6. The first kappa shape index (κ1) is 21.9. The molecule has 4 N–H and O–H groups in total. The molecule has 10 heteroatoms. The van der Waals surface area contributed by atoms with Gasteiger partial charge in [-0.1, -0.05) is 12.8 Å². The Hall–Kier alpha value is -2.36. The second kappa shape index (κ2) is 9.22. The number of sulfonamides is 1. The van der Waals surface area contributed by atoms with E-state index in [0.717, 1.165) is 25.7 Å². The Balaban J connectivity index is 0.00000280. The fourth-order valence-corrected chi connectivity index (χ4v) is 4.54. The Kier molecular flexibility index (Phi) is 7.22. The number of carbonyl (C=O) groups excluding carboxylic acids is 1. The molecule has 152 valence electrons. The van der Waals surface area contributed by atoms with Crippen molar-refractivity contribution in [1.29, 1.82) is 0 Å². The van der Waals surface area contributed by atoms with Gasteiger partial charge in [0, 0.05) is 11.6 Å². The van der Waals surface area contributed by atoms with Gasteiger partial charge >= 0.3 is 0 Å². The van der Waals surface area contributed by atoms with Crippen LogP contribution in [0.25, 0.3) is 0 Å². The molecule has 0 bridgehead atoms. The molecular formula is C18H23ClN4O4S. The zero-order valence-electron chi connectivity index (χ0n) is 15.3. The van der Waals surface area contributed by atoms with E-state index in [1.54, 1.807) is 12.1 Å². The predicted octanol–water partition coefficient (Wildman–Crippen LogP) is 2.57. The molecule has 2 aromatic rings. The number of nitrogens with two attached hydrogens (primary N) is 1. The van der Waals surface area contributed by atoms with Crippen molar-refractivity contribution in [3.05, 3.63) is 42.1 Å². The topological polar surface area (TPSA) is 123 Å². The average Bonchev–Trinajstić information content (AvgIpc) is 3.15. The van der Waals surface area contributed by atoms with E-state index in [1.165, 1.54) is 31.5 Å². The minimum Gasteiger partial charge on any atom is -0.495 e. The van der Waals surface area contributed by atoms with Gasteiger partial charge in [0.1, 0.15) is 16.5 Å². The van der Waals surface area contributed by atoms with E-state index in [-0.39, 0.29) is 34.7 Å². The minimum absolute atomic E-state index is 0. The summed E-state index contributed by atoms with van der Waals surface area (Å²) in [5, 5.41) is 2.66. The smallest absolute Gasteiger partial charge is 0.255 e. The number of methoxy groups -OCH3 is 1. The highest BCUT2D eigenvalue weighted by atomic mass is 35.5. The highest BCUT2D eigenvalue weighted by Crippen LogP contribution is 2.27. The molecule has 1 amide bonds. The van der Waals surface area contributed by atoms with E-state index in [1.807, 2.05) is 0 Å². The Morgan fingerprint density at radius 2 is 1.93 bits per heavy atom. The third-order valence-corrected chi connectivity index (χ3v) is 5.98. The van der Waals surface area contributed by atoms with Crippen molar-refractivity contribution in [1.82, 2.24) is 9.71 Å². The number of rotatable bonds is 6. The van der Waals surface area contributed by atoms with Crippen molar-refractivity contribution in [2.24, 2.45) is 0 Å². The molecule has 0 saturated heterocycles. The van der Waals surface area contributed by atoms with E-state index in [9.17, 15) is 13.2 Å². The maximum absolute atomic E-state index is 12.8. The van der Waals surface area contributed by atoms with Gasteiger partial charge in [0.05, 0.1) is 19.0 Å². The first-order chi connectivity index (χ1) is 12.9. The van der Waals surface area contributed by atoms with Crippen molar-refractivity contribution in [3.63, 3.8) is 0 Å². The molecule has 28 heavy (non-hydrogen) atoms. The van der Waals surface area contributed by atoms with Crippen molar-refractivity contribution in [2.75, 3.05) is 18.2 Å². The molecule has 1 fully saturated rings. The van der Waals surface area contributed by atoms with E-state index < -0.39 is 15.9 Å². The van der Waals surface area contributed by atoms with Crippen molar-refractivity contribution in [2.45, 2.75) is 36.6 Å². The maximum atomic E-state index is 12.8. The summed E-state index contributed by atoms with van der Waals surface area (Å²) in [7, 11) is -2.41. The fourth-order valence-electron chi connectivity index (χ4n) is 3.04. The lowest BCUT2D eigenvalue weighted by Crippen LogP contribution is -2.33. The van der Waals surface area contributed by atoms with Crippen LogP contribution in [0.15, 0.2) is 41.4 Å². The summed E-state index contributed by atoms with van der Waals surface area (Å²) < 4.78 is 33.5. The van der Waals surface area contributed by atoms with Crippen molar-refractivity contribution < 1.29 is 17.9 Å². The minimum atomic E-state index is -3.80. The van der Waals surface area contributed by atoms with E-state index in [2.05, 4.69) is 15.0 Å². The molecule has 0 spiro atoms. The van der Waals surface area contributed by atoms with Crippen LogP contribution < -0.4 is 20.5 Å². The van der Waals surface area contributed by atoms with E-state index >= 15 is 0 Å². The first-order valence-electron chi connectivity index (χ1n) is 8.62. The molecule has 1 aromatic heterocycles. The lowest BCUT2D eigenvalue weighted by atomic mass is 10.2. The van der Waals surface area contributed by atoms with Gasteiger partial charge in [0.25, 0.3) is 5.91 Å². The van der Waals surface area contributed by atoms with Crippen LogP contribution in [0, 0.1) is 0 Å². The van der Waals surface area contributed by atoms with Gasteiger partial charge < -0.3 is 15.8 Å². The van der Waals surface area contributed by atoms with Gasteiger partial charge in [-0.15, -0.1) is 12.4 Å². The summed E-state index contributed by atoms with van der Waals surface area (Å²) >= 11 is 0. The molecule has 3 rings (SSSR count). The van der Waals surface area contributed by atoms with Gasteiger partial charge in [-0.05, 0) is 43.2 Å². The highest BCUT2D eigenvalue weighted by molar-refractivity contribution is 7.89. The van der Waals surface area contributed by atoms with Crippen molar-refractivity contribution in [3.8, 4) is 5.75 Å². The molecule has 0 atom stereocenters. The van der Waals surface area contributed by atoms with Crippen LogP contribution in [0.3, 0.4) is 0 Å². The third kappa shape index (κ3) is 5.12. The zero-order chi connectivity index (χ0) is 19.4. The lowest BCUT2D eigenvalue weighted by Gasteiger charge is -2.15. The van der Waals surface area contributed by atoms with Gasteiger partial charge in [-0.25, -0.2) is 18.1 Å². The van der Waals surface area contributed by atoms with Crippen LogP contribution in [0.5, 0.6) is 5.75 Å². The number of halogens is 1. The number of anilines is 2. The Bertz CT molecular complexity index is 929. The number of aromatic nitrogens is 1. The summed E-state index contributed by atoms with van der Waals surface area (Å²) in [6.07, 6.45) is 5.05. The van der Waals surface area contributed by atoms with Crippen LogP contribution in [-0.2, 0) is 10.0 Å². The Labute approximate surface area is 170 Å². The van der Waals surface area contributed by atoms with Crippen LogP contribution in [0.1, 0.15) is 36.0 Å². The molecule has 1 aromatic carbocycles. The fraction of sp³-hybridized carbons (Fsp3) is 0.333. The van der Waals surface area contributed by atoms with Gasteiger partial charge in [-0.2, -0.15) is 0 Å². The molecule has 1 heterocycles. The normalized spacial score (nSPS) is 14.3. The number of hydrogen-bond donors (Lipinski definition) is 3. The largest absolute Gasteiger partial charge is 0.495 e. The molecule has 0 radical (unpaired) electrons. The number of amides is 1. The molecule has 1 aliphatic rings. The number of benzene rings is 1. The number of pyridine rings is 1. The molecule has 8 nitrogen and oxygen atoms in total. The number of carbonyl (C=O) groups is 1. The predicted molar refractivity (Wildman–Crippen MR) is 109 cm³/mol. The Morgan fingerprint density at radius 1 is 1.21 bits per heavy atom. The lowest BCUT2D eigenvalue weighted by molar-refractivity contribution is 0.102. The maximum Gasteiger partial charge on any atom is 0.255 e. The first-order valence-corrected chi connectivity index (χ1v) is 10.1. The summed E-state index contributed by atoms with van der Waals surface area (Å²) in [6.45, 7) is 0. The van der Waals surface area contributed by atoms with Crippen LogP contribution >= 0.6 is 12.4 Å². The second-order valence-electron chi connectivity index (χ2n) is 6.39. The number of ether oxygens (including phenoxy) is 1. The molecular weight excluding hydrogens is 404 g/mol. The number of nitrogens with zero attached hydrogens (tertiary/aromatic N) is 1. The Morgan fingerprint density at radius 3 is 2.54 bits per heavy atom. The van der Waals surface area contributed by atoms with E-state index in [4.69, 9.17) is 10.5 Å². The number of nitrogens with one attached hydrogen (secondary N) is 2. The molecule has 1 aliphatic carbocycles. The third-order valence-electron chi connectivity index (χ3n) is 4.44. The van der Waals surface area contributed by atoms with Crippen LogP contribution in [0.2, 0.25) is 0 Å². The van der Waals surface area contributed by atoms with Gasteiger partial charge in [-0.3, -0.25) is 4.79 Å². The highest BCUT2D eigenvalue weighted by Gasteiger charge is 2.26. The van der Waals surface area contributed by atoms with Gasteiger partial charge in [0.15, 0.2) is 0 Å². The van der Waals surface area contributed by atoms with Gasteiger partial charge in [0.2, 0.25) is 10.0 Å². The van der Waals surface area contributed by atoms with Crippen molar-refractivity contribution >= 4 is 39.8 Å². The number of nitrogen functional groups attached to an aromatic ring is 1. The van der Waals surface area contributed by atoms with Crippen LogP contribution in [-0.4, -0.2) is 32.5 Å². The quantitative estimate of drug-likeness (QED) is 0.652. The monoisotopic (exact) mass is 426 g/mol. The molecule has 1 saturated carbocycles. The SMILES string of the molecule is COc1ccc(C(=O)Nc2ccc(N)nc2)cc1S(=O)(=O)NC1CCCC1.Cl. The summed E-state index contributed by atoms with van der Waals surface area (Å²) in [5.41, 5.74) is 6.17. The average molecular weight is 427 g/mol. The summed E-state index contributed by atoms with van der Waals surface area (Å²) in [6, 6.07) is 7.38.